The van der Waals surface area contributed by atoms with Gasteiger partial charge in [0.05, 0.1) is 19.7 Å². The van der Waals surface area contributed by atoms with Gasteiger partial charge in [0.1, 0.15) is 5.75 Å². The van der Waals surface area contributed by atoms with Crippen molar-refractivity contribution in [3.63, 3.8) is 0 Å². The molecule has 1 aromatic carbocycles. The van der Waals surface area contributed by atoms with Crippen molar-refractivity contribution in [1.29, 1.82) is 0 Å². The summed E-state index contributed by atoms with van der Waals surface area (Å²) in [5.74, 6) is 2.54. The van der Waals surface area contributed by atoms with Gasteiger partial charge in [-0.15, -0.1) is 24.0 Å². The van der Waals surface area contributed by atoms with Crippen LogP contribution < -0.4 is 15.4 Å². The highest BCUT2D eigenvalue weighted by Crippen LogP contribution is 2.31. The molecule has 8 heteroatoms. The summed E-state index contributed by atoms with van der Waals surface area (Å²) in [5.41, 5.74) is 1.22. The van der Waals surface area contributed by atoms with Crippen molar-refractivity contribution in [3.8, 4) is 5.75 Å². The fraction of sp³-hybridized carbons (Fsp3) is 0.680. The van der Waals surface area contributed by atoms with E-state index in [-0.39, 0.29) is 35.9 Å². The topological polar surface area (TPSA) is 69.2 Å². The van der Waals surface area contributed by atoms with Crippen molar-refractivity contribution >= 4 is 35.8 Å². The molecule has 0 aliphatic carbocycles. The maximum atomic E-state index is 11.7. The van der Waals surface area contributed by atoms with Gasteiger partial charge in [-0.2, -0.15) is 0 Å². The molecule has 2 saturated heterocycles. The van der Waals surface area contributed by atoms with E-state index >= 15 is 0 Å². The Morgan fingerprint density at radius 3 is 2.48 bits per heavy atom. The van der Waals surface area contributed by atoms with Gasteiger partial charge < -0.3 is 20.3 Å². The highest BCUT2D eigenvalue weighted by Gasteiger charge is 2.26. The van der Waals surface area contributed by atoms with Gasteiger partial charge in [0.2, 0.25) is 5.91 Å². The van der Waals surface area contributed by atoms with Crippen LogP contribution in [-0.2, 0) is 4.79 Å². The number of benzene rings is 1. The van der Waals surface area contributed by atoms with Crippen LogP contribution in [-0.4, -0.2) is 75.1 Å². The number of para-hydroxylation sites is 1. The number of aliphatic imine (C=N–C) groups is 1. The zero-order chi connectivity index (χ0) is 22.8. The van der Waals surface area contributed by atoms with Crippen LogP contribution in [0.2, 0.25) is 0 Å². The summed E-state index contributed by atoms with van der Waals surface area (Å²) in [4.78, 5) is 21.8. The van der Waals surface area contributed by atoms with Gasteiger partial charge >= 0.3 is 0 Å². The number of likely N-dealkylation sites (tertiary alicyclic amines) is 2. The molecule has 0 radical (unpaired) electrons. The number of nitrogens with one attached hydrogen (secondary N) is 2. The quantitative estimate of drug-likeness (QED) is 0.283. The number of nitrogens with zero attached hydrogens (tertiary/aromatic N) is 3. The van der Waals surface area contributed by atoms with Crippen LogP contribution in [0.15, 0.2) is 29.3 Å². The summed E-state index contributed by atoms with van der Waals surface area (Å²) in [6.07, 6.45) is 6.48. The Morgan fingerprint density at radius 1 is 1.15 bits per heavy atom. The van der Waals surface area contributed by atoms with Crippen LogP contribution in [0.5, 0.6) is 5.75 Å². The zero-order valence-corrected chi connectivity index (χ0v) is 22.8. The number of halogens is 1. The normalized spacial score (nSPS) is 18.9. The molecule has 186 valence electrons. The maximum Gasteiger partial charge on any atom is 0.220 e. The van der Waals surface area contributed by atoms with E-state index in [9.17, 15) is 4.79 Å². The lowest BCUT2D eigenvalue weighted by molar-refractivity contribution is -0.121. The van der Waals surface area contributed by atoms with Crippen LogP contribution in [0.3, 0.4) is 0 Å². The minimum absolute atomic E-state index is 0. The van der Waals surface area contributed by atoms with E-state index in [0.717, 1.165) is 57.3 Å². The lowest BCUT2D eigenvalue weighted by Gasteiger charge is -2.36. The summed E-state index contributed by atoms with van der Waals surface area (Å²) in [7, 11) is 3.47. The van der Waals surface area contributed by atoms with E-state index in [1.165, 1.54) is 24.8 Å². The minimum atomic E-state index is 0. The molecular formula is C25H42IN5O2. The average molecular weight is 572 g/mol. The highest BCUT2D eigenvalue weighted by molar-refractivity contribution is 14.0. The van der Waals surface area contributed by atoms with Crippen molar-refractivity contribution in [2.45, 2.75) is 51.5 Å². The molecule has 1 unspecified atom stereocenters. The molecule has 1 atom stereocenters. The zero-order valence-electron chi connectivity index (χ0n) is 20.5. The van der Waals surface area contributed by atoms with E-state index in [4.69, 9.17) is 9.73 Å². The maximum absolute atomic E-state index is 11.7. The number of hydrogen-bond acceptors (Lipinski definition) is 4. The summed E-state index contributed by atoms with van der Waals surface area (Å²) in [6, 6.07) is 8.58. The molecule has 0 saturated carbocycles. The van der Waals surface area contributed by atoms with Crippen molar-refractivity contribution in [2.24, 2.45) is 10.9 Å². The Bertz CT molecular complexity index is 746. The van der Waals surface area contributed by atoms with Gasteiger partial charge in [0.15, 0.2) is 5.96 Å². The number of carbonyl (C=O) groups is 1. The standard InChI is InChI=1S/C25H41N5O2.HI/c1-4-27-25(30-16-12-20(13-17-30)18-24(31)26-2)28-19-22(29-14-8-5-9-15-29)21-10-6-7-11-23(21)32-3;/h6-7,10-11,20,22H,4-5,8-9,12-19H2,1-3H3,(H,26,31)(H,27,28);1H. The first-order valence-electron chi connectivity index (χ1n) is 12.3. The van der Waals surface area contributed by atoms with Crippen LogP contribution >= 0.6 is 24.0 Å². The highest BCUT2D eigenvalue weighted by atomic mass is 127. The first-order valence-corrected chi connectivity index (χ1v) is 12.3. The molecule has 1 amide bonds. The number of rotatable bonds is 8. The monoisotopic (exact) mass is 571 g/mol. The van der Waals surface area contributed by atoms with Crippen molar-refractivity contribution < 1.29 is 9.53 Å². The largest absolute Gasteiger partial charge is 0.496 e. The molecule has 0 bridgehead atoms. The van der Waals surface area contributed by atoms with Gasteiger partial charge in [-0.25, -0.2) is 0 Å². The number of hydrogen-bond donors (Lipinski definition) is 2. The second kappa shape index (κ2) is 14.7. The number of methoxy groups -OCH3 is 1. The molecule has 2 heterocycles. The number of ether oxygens (including phenoxy) is 1. The molecule has 1 aromatic rings. The molecule has 2 N–H and O–H groups in total. The Morgan fingerprint density at radius 2 is 1.85 bits per heavy atom. The second-order valence-electron chi connectivity index (χ2n) is 8.86. The molecule has 2 aliphatic rings. The SMILES string of the molecule is CCNC(=NCC(c1ccccc1OC)N1CCCCC1)N1CCC(CC(=O)NC)CC1.I. The van der Waals surface area contributed by atoms with E-state index < -0.39 is 0 Å². The Kier molecular flexibility index (Phi) is 12.3. The predicted octanol–water partition coefficient (Wildman–Crippen LogP) is 3.65. The first-order chi connectivity index (χ1) is 15.7. The van der Waals surface area contributed by atoms with Crippen molar-refractivity contribution in [1.82, 2.24) is 20.4 Å². The van der Waals surface area contributed by atoms with Crippen molar-refractivity contribution in [3.05, 3.63) is 29.8 Å². The Hall–Kier alpha value is -1.55. The van der Waals surface area contributed by atoms with Gasteiger partial charge in [-0.05, 0) is 57.7 Å². The van der Waals surface area contributed by atoms with Crippen molar-refractivity contribution in [2.75, 3.05) is 53.4 Å². The first kappa shape index (κ1) is 27.7. The van der Waals surface area contributed by atoms with E-state index in [0.29, 0.717) is 18.9 Å². The number of piperidine rings is 2. The molecule has 0 spiro atoms. The van der Waals surface area contributed by atoms with Crippen LogP contribution in [0.4, 0.5) is 0 Å². The summed E-state index contributed by atoms with van der Waals surface area (Å²) < 4.78 is 5.71. The Labute approximate surface area is 216 Å². The van der Waals surface area contributed by atoms with E-state index in [1.54, 1.807) is 14.2 Å². The second-order valence-corrected chi connectivity index (χ2v) is 8.86. The lowest BCUT2D eigenvalue weighted by atomic mass is 9.93. The molecule has 7 nitrogen and oxygen atoms in total. The average Bonchev–Trinajstić information content (AvgIpc) is 2.85. The predicted molar refractivity (Wildman–Crippen MR) is 146 cm³/mol. The van der Waals surface area contributed by atoms with Gasteiger partial charge in [0.25, 0.3) is 0 Å². The molecule has 2 fully saturated rings. The molecular weight excluding hydrogens is 529 g/mol. The molecule has 33 heavy (non-hydrogen) atoms. The van der Waals surface area contributed by atoms with Crippen LogP contribution in [0.25, 0.3) is 0 Å². The number of amides is 1. The molecule has 3 rings (SSSR count). The lowest BCUT2D eigenvalue weighted by Crippen LogP contribution is -2.46. The summed E-state index contributed by atoms with van der Waals surface area (Å²) >= 11 is 0. The number of guanidine groups is 1. The minimum Gasteiger partial charge on any atom is -0.496 e. The summed E-state index contributed by atoms with van der Waals surface area (Å²) in [5, 5.41) is 6.26. The third-order valence-corrected chi connectivity index (χ3v) is 6.75. The molecule has 2 aliphatic heterocycles. The van der Waals surface area contributed by atoms with Crippen LogP contribution in [0, 0.1) is 5.92 Å². The smallest absolute Gasteiger partial charge is 0.220 e. The van der Waals surface area contributed by atoms with E-state index in [1.807, 2.05) is 6.07 Å². The molecule has 0 aromatic heterocycles. The third kappa shape index (κ3) is 8.02. The number of carbonyl (C=O) groups excluding carboxylic acids is 1. The summed E-state index contributed by atoms with van der Waals surface area (Å²) in [6.45, 7) is 7.78. The van der Waals surface area contributed by atoms with Gasteiger partial charge in [-0.3, -0.25) is 14.7 Å². The van der Waals surface area contributed by atoms with Gasteiger partial charge in [0, 0.05) is 38.7 Å². The third-order valence-electron chi connectivity index (χ3n) is 6.75. The Balaban J connectivity index is 0.00000385. The van der Waals surface area contributed by atoms with Crippen LogP contribution in [0.1, 0.15) is 57.1 Å². The fourth-order valence-corrected chi connectivity index (χ4v) is 4.89. The van der Waals surface area contributed by atoms with E-state index in [2.05, 4.69) is 45.6 Å². The fourth-order valence-electron chi connectivity index (χ4n) is 4.89. The van der Waals surface area contributed by atoms with Gasteiger partial charge in [-0.1, -0.05) is 24.6 Å².